The highest BCUT2D eigenvalue weighted by atomic mass is 19.4. The van der Waals surface area contributed by atoms with Crippen molar-refractivity contribution >= 4 is 28.5 Å². The summed E-state index contributed by atoms with van der Waals surface area (Å²) < 4.78 is 44.5. The van der Waals surface area contributed by atoms with Crippen LogP contribution in [0.25, 0.3) is 11.0 Å². The number of nitrogens with one attached hydrogen (secondary N) is 2. The largest absolute Gasteiger partial charge is 0.482 e. The van der Waals surface area contributed by atoms with Gasteiger partial charge < -0.3 is 19.9 Å². The number of likely N-dealkylation sites (N-methyl/N-ethyl adjacent to an activating group) is 1. The molecule has 2 atom stereocenters. The first-order chi connectivity index (χ1) is 16.2. The number of benzene rings is 2. The van der Waals surface area contributed by atoms with Crippen molar-refractivity contribution in [3.8, 4) is 5.75 Å². The molecule has 0 saturated heterocycles. The molecule has 10 heteroatoms. The van der Waals surface area contributed by atoms with Crippen molar-refractivity contribution in [1.82, 2.24) is 15.3 Å². The summed E-state index contributed by atoms with van der Waals surface area (Å²) in [5, 5.41) is 3.06. The van der Waals surface area contributed by atoms with Crippen LogP contribution in [0.3, 0.4) is 0 Å². The number of carbonyl (C=O) groups excluding carboxylic acids is 2. The van der Waals surface area contributed by atoms with Crippen LogP contribution in [0.5, 0.6) is 5.75 Å². The Morgan fingerprint density at radius 3 is 2.82 bits per heavy atom. The summed E-state index contributed by atoms with van der Waals surface area (Å²) in [6.07, 6.45) is -1.30. The van der Waals surface area contributed by atoms with Crippen molar-refractivity contribution in [1.29, 1.82) is 0 Å². The number of anilines is 1. The Bertz CT molecular complexity index is 1270. The van der Waals surface area contributed by atoms with Crippen LogP contribution in [0.4, 0.5) is 18.9 Å². The molecule has 2 aromatic carbocycles. The number of halogens is 3. The zero-order valence-electron chi connectivity index (χ0n) is 18.4. The third kappa shape index (κ3) is 4.20. The summed E-state index contributed by atoms with van der Waals surface area (Å²) in [6, 6.07) is 8.38. The fourth-order valence-corrected chi connectivity index (χ4v) is 4.65. The van der Waals surface area contributed by atoms with Crippen LogP contribution < -0.4 is 15.0 Å². The fraction of sp³-hybridized carbons (Fsp3) is 0.375. The van der Waals surface area contributed by atoms with Gasteiger partial charge in [0.15, 0.2) is 6.61 Å². The van der Waals surface area contributed by atoms with E-state index in [0.29, 0.717) is 34.8 Å². The summed E-state index contributed by atoms with van der Waals surface area (Å²) in [7, 11) is 1.64. The molecule has 34 heavy (non-hydrogen) atoms. The highest BCUT2D eigenvalue weighted by Gasteiger charge is 2.32. The molecule has 1 aromatic heterocycles. The van der Waals surface area contributed by atoms with Crippen LogP contribution in [0.15, 0.2) is 36.4 Å². The van der Waals surface area contributed by atoms with E-state index in [4.69, 9.17) is 4.74 Å². The standard InChI is InChI=1S/C24H23F3N4O3/c1-31-19-10-14(5-8-20(19)34-12-21(31)32)23(33)28-16-4-2-3-13(9-16)22-29-17-7-6-15(24(25,26)27)11-18(17)30-22/h5-8,10-11,13,16H,2-4,9,12H2,1H3,(H,28,33)(H,29,30). The molecular weight excluding hydrogens is 449 g/mol. The van der Waals surface area contributed by atoms with E-state index in [1.807, 2.05) is 0 Å². The van der Waals surface area contributed by atoms with Gasteiger partial charge in [-0.15, -0.1) is 0 Å². The minimum absolute atomic E-state index is 0.00137. The maximum absolute atomic E-state index is 13.0. The van der Waals surface area contributed by atoms with Crippen molar-refractivity contribution in [2.24, 2.45) is 0 Å². The van der Waals surface area contributed by atoms with Crippen molar-refractivity contribution in [2.75, 3.05) is 18.6 Å². The van der Waals surface area contributed by atoms with E-state index in [0.717, 1.165) is 31.4 Å². The minimum Gasteiger partial charge on any atom is -0.482 e. The molecular formula is C24H23F3N4O3. The number of fused-ring (bicyclic) bond motifs is 2. The lowest BCUT2D eigenvalue weighted by molar-refractivity contribution is -0.137. The van der Waals surface area contributed by atoms with Crippen molar-refractivity contribution < 1.29 is 27.5 Å². The Balaban J connectivity index is 1.29. The van der Waals surface area contributed by atoms with Crippen LogP contribution in [0, 0.1) is 0 Å². The normalized spacial score (nSPS) is 20.7. The molecule has 1 saturated carbocycles. The molecule has 0 radical (unpaired) electrons. The maximum atomic E-state index is 13.0. The molecule has 2 amide bonds. The number of aromatic amines is 1. The number of alkyl halides is 3. The molecule has 0 bridgehead atoms. The van der Waals surface area contributed by atoms with Gasteiger partial charge in [0.25, 0.3) is 11.8 Å². The van der Waals surface area contributed by atoms with Crippen LogP contribution in [-0.4, -0.2) is 41.5 Å². The number of hydrogen-bond donors (Lipinski definition) is 2. The second-order valence-electron chi connectivity index (χ2n) is 8.81. The predicted molar refractivity (Wildman–Crippen MR) is 119 cm³/mol. The fourth-order valence-electron chi connectivity index (χ4n) is 4.65. The van der Waals surface area contributed by atoms with Gasteiger partial charge in [0.1, 0.15) is 11.6 Å². The third-order valence-corrected chi connectivity index (χ3v) is 6.53. The lowest BCUT2D eigenvalue weighted by Gasteiger charge is -2.29. The van der Waals surface area contributed by atoms with E-state index < -0.39 is 11.7 Å². The maximum Gasteiger partial charge on any atom is 0.416 e. The smallest absolute Gasteiger partial charge is 0.416 e. The van der Waals surface area contributed by atoms with Crippen molar-refractivity contribution in [3.05, 3.63) is 53.3 Å². The zero-order chi connectivity index (χ0) is 24.0. The molecule has 1 aliphatic carbocycles. The molecule has 1 fully saturated rings. The number of amides is 2. The Morgan fingerprint density at radius 1 is 1.21 bits per heavy atom. The Kier molecular flexibility index (Phi) is 5.45. The van der Waals surface area contributed by atoms with Crippen molar-refractivity contribution in [3.63, 3.8) is 0 Å². The molecule has 2 unspecified atom stereocenters. The Morgan fingerprint density at radius 2 is 2.03 bits per heavy atom. The zero-order valence-corrected chi connectivity index (χ0v) is 18.4. The second kappa shape index (κ2) is 8.34. The minimum atomic E-state index is -4.42. The van der Waals surface area contributed by atoms with Gasteiger partial charge in [-0.3, -0.25) is 9.59 Å². The van der Waals surface area contributed by atoms with Crippen LogP contribution >= 0.6 is 0 Å². The van der Waals surface area contributed by atoms with E-state index >= 15 is 0 Å². The van der Waals surface area contributed by atoms with Crippen molar-refractivity contribution in [2.45, 2.75) is 43.8 Å². The van der Waals surface area contributed by atoms with Gasteiger partial charge in [-0.2, -0.15) is 13.2 Å². The average molecular weight is 472 g/mol. The third-order valence-electron chi connectivity index (χ3n) is 6.53. The van der Waals surface area contributed by atoms with E-state index in [2.05, 4.69) is 15.3 Å². The van der Waals surface area contributed by atoms with Gasteiger partial charge in [-0.1, -0.05) is 6.42 Å². The first-order valence-electron chi connectivity index (χ1n) is 11.1. The van der Waals surface area contributed by atoms with Gasteiger partial charge in [-0.25, -0.2) is 4.98 Å². The molecule has 178 valence electrons. The highest BCUT2D eigenvalue weighted by Crippen LogP contribution is 2.35. The molecule has 7 nitrogen and oxygen atoms in total. The van der Waals surface area contributed by atoms with Gasteiger partial charge in [0.2, 0.25) is 0 Å². The second-order valence-corrected chi connectivity index (χ2v) is 8.81. The molecule has 5 rings (SSSR count). The highest BCUT2D eigenvalue weighted by molar-refractivity contribution is 6.01. The Labute approximate surface area is 193 Å². The van der Waals surface area contributed by atoms with Gasteiger partial charge >= 0.3 is 6.18 Å². The summed E-state index contributed by atoms with van der Waals surface area (Å²) in [5.74, 6) is 0.753. The average Bonchev–Trinajstić information content (AvgIpc) is 3.24. The number of aromatic nitrogens is 2. The lowest BCUT2D eigenvalue weighted by atomic mass is 9.85. The number of nitrogens with zero attached hydrogens (tertiary/aromatic N) is 2. The topological polar surface area (TPSA) is 87.3 Å². The lowest BCUT2D eigenvalue weighted by Crippen LogP contribution is -2.39. The first kappa shape index (κ1) is 22.2. The molecule has 3 aromatic rings. The molecule has 2 N–H and O–H groups in total. The molecule has 2 heterocycles. The molecule has 2 aliphatic rings. The molecule has 0 spiro atoms. The number of imidazole rings is 1. The van der Waals surface area contributed by atoms with Gasteiger partial charge in [-0.05, 0) is 55.7 Å². The SMILES string of the molecule is CN1C(=O)COc2ccc(C(=O)NC3CCCC(c4nc5cc(C(F)(F)F)ccc5[nH]4)C3)cc21. The summed E-state index contributed by atoms with van der Waals surface area (Å²) in [5.41, 5.74) is 1.09. The summed E-state index contributed by atoms with van der Waals surface area (Å²) >= 11 is 0. The van der Waals surface area contributed by atoms with Gasteiger partial charge in [0, 0.05) is 24.6 Å². The first-order valence-corrected chi connectivity index (χ1v) is 11.1. The summed E-state index contributed by atoms with van der Waals surface area (Å²) in [4.78, 5) is 33.9. The van der Waals surface area contributed by atoms with Crippen LogP contribution in [-0.2, 0) is 11.0 Å². The van der Waals surface area contributed by atoms with E-state index in [1.54, 1.807) is 25.2 Å². The number of ether oxygens (including phenoxy) is 1. The number of H-pyrrole nitrogens is 1. The quantitative estimate of drug-likeness (QED) is 0.592. The molecule has 1 aliphatic heterocycles. The number of carbonyl (C=O) groups is 2. The number of hydrogen-bond acceptors (Lipinski definition) is 4. The number of rotatable bonds is 3. The van der Waals surface area contributed by atoms with Crippen LogP contribution in [0.1, 0.15) is 53.3 Å². The van der Waals surface area contributed by atoms with Crippen LogP contribution in [0.2, 0.25) is 0 Å². The Hall–Kier alpha value is -3.56. The van der Waals surface area contributed by atoms with E-state index in [1.165, 1.54) is 11.0 Å². The van der Waals surface area contributed by atoms with E-state index in [9.17, 15) is 22.8 Å². The van der Waals surface area contributed by atoms with E-state index in [-0.39, 0.29) is 35.9 Å². The monoisotopic (exact) mass is 472 g/mol. The summed E-state index contributed by atoms with van der Waals surface area (Å²) in [6.45, 7) is -0.0299. The predicted octanol–water partition coefficient (Wildman–Crippen LogP) is 4.39. The van der Waals surface area contributed by atoms with Gasteiger partial charge in [0.05, 0.1) is 22.3 Å².